The molecule has 0 aliphatic heterocycles. The van der Waals surface area contributed by atoms with Crippen molar-refractivity contribution in [2.24, 2.45) is 5.73 Å². The number of hydrogen-bond acceptors (Lipinski definition) is 4. The number of rotatable bonds is 4. The highest BCUT2D eigenvalue weighted by Crippen LogP contribution is 2.22. The molecule has 2 unspecified atom stereocenters. The van der Waals surface area contributed by atoms with Gasteiger partial charge in [-0.25, -0.2) is 8.42 Å². The highest BCUT2D eigenvalue weighted by Gasteiger charge is 2.21. The maximum atomic E-state index is 11.1. The first-order valence-electron chi connectivity index (χ1n) is 6.02. The van der Waals surface area contributed by atoms with Crippen LogP contribution in [-0.4, -0.2) is 26.8 Å². The minimum atomic E-state index is -3.21. The van der Waals surface area contributed by atoms with E-state index in [0.717, 1.165) is 31.2 Å². The lowest BCUT2D eigenvalue weighted by atomic mass is 10.2. The second-order valence-corrected chi connectivity index (χ2v) is 6.61. The molecular weight excluding hydrogens is 250 g/mol. The van der Waals surface area contributed by atoms with Crippen LogP contribution in [0.4, 0.5) is 11.4 Å². The van der Waals surface area contributed by atoms with Crippen LogP contribution < -0.4 is 15.8 Å². The van der Waals surface area contributed by atoms with Crippen molar-refractivity contribution in [3.05, 3.63) is 24.3 Å². The first kappa shape index (κ1) is 13.2. The summed E-state index contributed by atoms with van der Waals surface area (Å²) in [5, 5.41) is 3.40. The topological polar surface area (TPSA) is 84.2 Å². The van der Waals surface area contributed by atoms with Crippen LogP contribution in [-0.2, 0) is 10.0 Å². The maximum Gasteiger partial charge on any atom is 0.229 e. The van der Waals surface area contributed by atoms with E-state index >= 15 is 0 Å². The van der Waals surface area contributed by atoms with Gasteiger partial charge in [0.05, 0.1) is 6.26 Å². The number of benzene rings is 1. The van der Waals surface area contributed by atoms with Crippen LogP contribution in [0.1, 0.15) is 19.3 Å². The third kappa shape index (κ3) is 3.89. The molecule has 4 N–H and O–H groups in total. The number of nitrogens with one attached hydrogen (secondary N) is 2. The number of nitrogens with two attached hydrogens (primary N) is 1. The van der Waals surface area contributed by atoms with Crippen LogP contribution in [0.3, 0.4) is 0 Å². The Morgan fingerprint density at radius 3 is 2.28 bits per heavy atom. The SMILES string of the molecule is CS(=O)(=O)Nc1ccc(NC2CCC(N)C2)cc1. The van der Waals surface area contributed by atoms with Crippen LogP contribution in [0.25, 0.3) is 0 Å². The van der Waals surface area contributed by atoms with Gasteiger partial charge in [-0.1, -0.05) is 0 Å². The molecule has 6 heteroatoms. The average Bonchev–Trinajstić information content (AvgIpc) is 2.65. The molecule has 1 fully saturated rings. The van der Waals surface area contributed by atoms with Crippen molar-refractivity contribution in [2.75, 3.05) is 16.3 Å². The summed E-state index contributed by atoms with van der Waals surface area (Å²) in [7, 11) is -3.21. The molecule has 18 heavy (non-hydrogen) atoms. The Labute approximate surface area is 108 Å². The quantitative estimate of drug-likeness (QED) is 0.770. The van der Waals surface area contributed by atoms with Crippen LogP contribution in [0.5, 0.6) is 0 Å². The van der Waals surface area contributed by atoms with E-state index in [1.165, 1.54) is 0 Å². The zero-order valence-electron chi connectivity index (χ0n) is 10.4. The van der Waals surface area contributed by atoms with E-state index in [1.54, 1.807) is 12.1 Å². The molecule has 0 bridgehead atoms. The van der Waals surface area contributed by atoms with Gasteiger partial charge in [0.1, 0.15) is 0 Å². The molecule has 0 heterocycles. The highest BCUT2D eigenvalue weighted by molar-refractivity contribution is 7.92. The lowest BCUT2D eigenvalue weighted by Gasteiger charge is -2.14. The summed E-state index contributed by atoms with van der Waals surface area (Å²) in [5.74, 6) is 0. The van der Waals surface area contributed by atoms with Crippen LogP contribution in [0.15, 0.2) is 24.3 Å². The van der Waals surface area contributed by atoms with Gasteiger partial charge in [0, 0.05) is 23.5 Å². The van der Waals surface area contributed by atoms with Gasteiger partial charge < -0.3 is 11.1 Å². The molecular formula is C12H19N3O2S. The van der Waals surface area contributed by atoms with Crippen LogP contribution >= 0.6 is 0 Å². The van der Waals surface area contributed by atoms with Crippen molar-refractivity contribution in [1.82, 2.24) is 0 Å². The first-order valence-corrected chi connectivity index (χ1v) is 7.91. The van der Waals surface area contributed by atoms with E-state index in [4.69, 9.17) is 5.73 Å². The normalized spacial score (nSPS) is 23.9. The Morgan fingerprint density at radius 2 is 1.78 bits per heavy atom. The van der Waals surface area contributed by atoms with Gasteiger partial charge >= 0.3 is 0 Å². The summed E-state index contributed by atoms with van der Waals surface area (Å²) >= 11 is 0. The Balaban J connectivity index is 1.95. The first-order chi connectivity index (χ1) is 8.42. The molecule has 1 aliphatic rings. The third-order valence-electron chi connectivity index (χ3n) is 3.03. The van der Waals surface area contributed by atoms with Crippen molar-refractivity contribution in [3.63, 3.8) is 0 Å². The molecule has 1 saturated carbocycles. The fraction of sp³-hybridized carbons (Fsp3) is 0.500. The molecule has 1 aromatic carbocycles. The summed E-state index contributed by atoms with van der Waals surface area (Å²) < 4.78 is 24.6. The Hall–Kier alpha value is -1.27. The molecule has 0 spiro atoms. The van der Waals surface area contributed by atoms with Gasteiger partial charge in [-0.3, -0.25) is 4.72 Å². The predicted molar refractivity (Wildman–Crippen MR) is 74.1 cm³/mol. The number of sulfonamides is 1. The van der Waals surface area contributed by atoms with Gasteiger partial charge in [0.15, 0.2) is 0 Å². The Kier molecular flexibility index (Phi) is 3.77. The molecule has 2 atom stereocenters. The fourth-order valence-corrected chi connectivity index (χ4v) is 2.80. The zero-order chi connectivity index (χ0) is 13.2. The second kappa shape index (κ2) is 5.16. The largest absolute Gasteiger partial charge is 0.382 e. The van der Waals surface area contributed by atoms with E-state index in [1.807, 2.05) is 12.1 Å². The molecule has 0 radical (unpaired) electrons. The molecule has 0 amide bonds. The summed E-state index contributed by atoms with van der Waals surface area (Å²) in [6.45, 7) is 0. The molecule has 5 nitrogen and oxygen atoms in total. The van der Waals surface area contributed by atoms with Crippen LogP contribution in [0, 0.1) is 0 Å². The average molecular weight is 269 g/mol. The van der Waals surface area contributed by atoms with Crippen LogP contribution in [0.2, 0.25) is 0 Å². The molecule has 0 saturated heterocycles. The predicted octanol–water partition coefficient (Wildman–Crippen LogP) is 1.35. The highest BCUT2D eigenvalue weighted by atomic mass is 32.2. The van der Waals surface area contributed by atoms with Gasteiger partial charge in [0.25, 0.3) is 0 Å². The van der Waals surface area contributed by atoms with Crippen molar-refractivity contribution < 1.29 is 8.42 Å². The van der Waals surface area contributed by atoms with Crippen molar-refractivity contribution >= 4 is 21.4 Å². The van der Waals surface area contributed by atoms with Gasteiger partial charge in [0.2, 0.25) is 10.0 Å². The minimum absolute atomic E-state index is 0.300. The summed E-state index contributed by atoms with van der Waals surface area (Å²) in [5.41, 5.74) is 7.42. The zero-order valence-corrected chi connectivity index (χ0v) is 11.2. The van der Waals surface area contributed by atoms with Gasteiger partial charge in [-0.05, 0) is 43.5 Å². The molecule has 1 aliphatic carbocycles. The third-order valence-corrected chi connectivity index (χ3v) is 3.64. The van der Waals surface area contributed by atoms with Gasteiger partial charge in [-0.15, -0.1) is 0 Å². The summed E-state index contributed by atoms with van der Waals surface area (Å²) in [4.78, 5) is 0. The van der Waals surface area contributed by atoms with Crippen molar-refractivity contribution in [1.29, 1.82) is 0 Å². The van der Waals surface area contributed by atoms with E-state index in [0.29, 0.717) is 17.8 Å². The lowest BCUT2D eigenvalue weighted by Crippen LogP contribution is -2.20. The molecule has 100 valence electrons. The summed E-state index contributed by atoms with van der Waals surface area (Å²) in [6.07, 6.45) is 4.28. The monoisotopic (exact) mass is 269 g/mol. The Bertz CT molecular complexity index is 499. The number of hydrogen-bond donors (Lipinski definition) is 3. The summed E-state index contributed by atoms with van der Waals surface area (Å²) in [6, 6.07) is 7.97. The fourth-order valence-electron chi connectivity index (χ4n) is 2.23. The molecule has 1 aromatic rings. The van der Waals surface area contributed by atoms with Crippen molar-refractivity contribution in [3.8, 4) is 0 Å². The standard InChI is InChI=1S/C12H19N3O2S/c1-18(16,17)15-11-6-4-10(5-7-11)14-12-3-2-9(13)8-12/h4-7,9,12,14-15H,2-3,8,13H2,1H3. The van der Waals surface area contributed by atoms with E-state index in [-0.39, 0.29) is 0 Å². The Morgan fingerprint density at radius 1 is 1.17 bits per heavy atom. The smallest absolute Gasteiger partial charge is 0.229 e. The van der Waals surface area contributed by atoms with E-state index in [2.05, 4.69) is 10.0 Å². The molecule has 0 aromatic heterocycles. The van der Waals surface area contributed by atoms with E-state index < -0.39 is 10.0 Å². The molecule has 2 rings (SSSR count). The maximum absolute atomic E-state index is 11.1. The minimum Gasteiger partial charge on any atom is -0.382 e. The number of anilines is 2. The van der Waals surface area contributed by atoms with Gasteiger partial charge in [-0.2, -0.15) is 0 Å². The lowest BCUT2D eigenvalue weighted by molar-refractivity contribution is 0.607. The van der Waals surface area contributed by atoms with Crippen molar-refractivity contribution in [2.45, 2.75) is 31.3 Å². The van der Waals surface area contributed by atoms with E-state index in [9.17, 15) is 8.42 Å². The second-order valence-electron chi connectivity index (χ2n) is 4.87.